The van der Waals surface area contributed by atoms with Crippen LogP contribution in [0.5, 0.6) is 0 Å². The van der Waals surface area contributed by atoms with E-state index in [1.165, 1.54) is 0 Å². The number of anilines is 3. The largest absolute Gasteiger partial charge is 0.378 e. The van der Waals surface area contributed by atoms with Gasteiger partial charge in [-0.3, -0.25) is 9.52 Å². The van der Waals surface area contributed by atoms with E-state index in [9.17, 15) is 13.2 Å². The number of rotatable bonds is 7. The van der Waals surface area contributed by atoms with Crippen LogP contribution in [0.15, 0.2) is 70.3 Å². The van der Waals surface area contributed by atoms with Crippen molar-refractivity contribution in [2.45, 2.75) is 10.6 Å². The van der Waals surface area contributed by atoms with E-state index in [2.05, 4.69) is 10.0 Å². The summed E-state index contributed by atoms with van der Waals surface area (Å²) in [4.78, 5) is 14.2. The van der Waals surface area contributed by atoms with E-state index < -0.39 is 10.0 Å². The van der Waals surface area contributed by atoms with Gasteiger partial charge >= 0.3 is 0 Å². The Kier molecular flexibility index (Phi) is 6.01. The maximum Gasteiger partial charge on any atom is 0.271 e. The summed E-state index contributed by atoms with van der Waals surface area (Å²) in [5.41, 5.74) is 3.04. The number of carbonyl (C=O) groups is 1. The highest BCUT2D eigenvalue weighted by Crippen LogP contribution is 2.21. The molecule has 146 valence electrons. The molecule has 1 heterocycles. The van der Waals surface area contributed by atoms with E-state index in [0.29, 0.717) is 5.69 Å². The lowest BCUT2D eigenvalue weighted by Gasteiger charge is -2.13. The first-order chi connectivity index (χ1) is 13.3. The molecule has 3 aromatic rings. The minimum absolute atomic E-state index is 0.135. The van der Waals surface area contributed by atoms with Gasteiger partial charge in [0.2, 0.25) is 5.91 Å². The summed E-state index contributed by atoms with van der Waals surface area (Å²) >= 11 is 1.16. The SMILES string of the molecule is CN(C)c1ccc(NC(=O)Cc2ccc(NS(=O)(=O)c3cccs3)cc2)cc1. The minimum Gasteiger partial charge on any atom is -0.378 e. The van der Waals surface area contributed by atoms with Crippen LogP contribution in [0.3, 0.4) is 0 Å². The Labute approximate surface area is 168 Å². The van der Waals surface area contributed by atoms with Crippen LogP contribution in [0.4, 0.5) is 17.1 Å². The second-order valence-electron chi connectivity index (χ2n) is 6.40. The van der Waals surface area contributed by atoms with Crippen LogP contribution in [-0.2, 0) is 21.2 Å². The van der Waals surface area contributed by atoms with Gasteiger partial charge in [-0.2, -0.15) is 0 Å². The number of hydrogen-bond acceptors (Lipinski definition) is 5. The van der Waals surface area contributed by atoms with Crippen molar-refractivity contribution < 1.29 is 13.2 Å². The summed E-state index contributed by atoms with van der Waals surface area (Å²) < 4.78 is 27.2. The number of sulfonamides is 1. The Morgan fingerprint density at radius 2 is 1.61 bits per heavy atom. The van der Waals surface area contributed by atoms with Gasteiger partial charge in [0.1, 0.15) is 4.21 Å². The Balaban J connectivity index is 1.58. The van der Waals surface area contributed by atoms with Gasteiger partial charge in [0, 0.05) is 31.2 Å². The summed E-state index contributed by atoms with van der Waals surface area (Å²) in [6, 6.07) is 17.6. The second kappa shape index (κ2) is 8.45. The third-order valence-electron chi connectivity index (χ3n) is 4.00. The molecule has 0 spiro atoms. The van der Waals surface area contributed by atoms with Gasteiger partial charge in [0.05, 0.1) is 6.42 Å². The molecule has 2 aromatic carbocycles. The fourth-order valence-corrected chi connectivity index (χ4v) is 4.60. The van der Waals surface area contributed by atoms with E-state index >= 15 is 0 Å². The van der Waals surface area contributed by atoms with Gasteiger partial charge in [-0.15, -0.1) is 11.3 Å². The van der Waals surface area contributed by atoms with Crippen molar-refractivity contribution in [3.63, 3.8) is 0 Å². The van der Waals surface area contributed by atoms with Gasteiger partial charge in [-0.25, -0.2) is 8.42 Å². The second-order valence-corrected chi connectivity index (χ2v) is 9.26. The summed E-state index contributed by atoms with van der Waals surface area (Å²) in [6.07, 6.45) is 0.202. The first-order valence-corrected chi connectivity index (χ1v) is 10.9. The number of carbonyl (C=O) groups excluding carboxylic acids is 1. The molecule has 8 heteroatoms. The van der Waals surface area contributed by atoms with Gasteiger partial charge in [-0.05, 0) is 53.4 Å². The number of hydrogen-bond donors (Lipinski definition) is 2. The first kappa shape index (κ1) is 19.9. The van der Waals surface area contributed by atoms with Crippen molar-refractivity contribution in [1.29, 1.82) is 0 Å². The van der Waals surface area contributed by atoms with Crippen LogP contribution < -0.4 is 14.9 Å². The number of nitrogens with one attached hydrogen (secondary N) is 2. The third-order valence-corrected chi connectivity index (χ3v) is 6.78. The first-order valence-electron chi connectivity index (χ1n) is 8.56. The fraction of sp³-hybridized carbons (Fsp3) is 0.150. The fourth-order valence-electron chi connectivity index (χ4n) is 2.55. The molecule has 28 heavy (non-hydrogen) atoms. The topological polar surface area (TPSA) is 78.5 Å². The van der Waals surface area contributed by atoms with Crippen LogP contribution in [0.25, 0.3) is 0 Å². The molecule has 0 atom stereocenters. The standard InChI is InChI=1S/C20H21N3O3S2/c1-23(2)18-11-9-16(10-12-18)21-19(24)14-15-5-7-17(8-6-15)22-28(25,26)20-4-3-13-27-20/h3-13,22H,14H2,1-2H3,(H,21,24). The molecule has 0 radical (unpaired) electrons. The smallest absolute Gasteiger partial charge is 0.271 e. The molecule has 0 unspecified atom stereocenters. The van der Waals surface area contributed by atoms with Crippen LogP contribution in [0.1, 0.15) is 5.56 Å². The molecule has 0 fully saturated rings. The Morgan fingerprint density at radius 1 is 0.964 bits per heavy atom. The van der Waals surface area contributed by atoms with Crippen LogP contribution in [0, 0.1) is 0 Å². The van der Waals surface area contributed by atoms with Crippen molar-refractivity contribution in [3.05, 3.63) is 71.6 Å². The van der Waals surface area contributed by atoms with Gasteiger partial charge in [0.25, 0.3) is 10.0 Å². The lowest BCUT2D eigenvalue weighted by atomic mass is 10.1. The molecule has 1 aromatic heterocycles. The molecule has 0 aliphatic carbocycles. The Hall–Kier alpha value is -2.84. The molecule has 0 aliphatic heterocycles. The minimum atomic E-state index is -3.57. The average Bonchev–Trinajstić information content (AvgIpc) is 3.19. The van der Waals surface area contributed by atoms with E-state index in [4.69, 9.17) is 0 Å². The molecule has 0 saturated carbocycles. The molecular weight excluding hydrogens is 394 g/mol. The Morgan fingerprint density at radius 3 is 2.18 bits per heavy atom. The molecule has 0 aliphatic rings. The molecule has 0 saturated heterocycles. The van der Waals surface area contributed by atoms with Crippen molar-refractivity contribution in [1.82, 2.24) is 0 Å². The van der Waals surface area contributed by atoms with Crippen LogP contribution in [-0.4, -0.2) is 28.4 Å². The number of nitrogens with zero attached hydrogens (tertiary/aromatic N) is 1. The number of amides is 1. The predicted molar refractivity (Wildman–Crippen MR) is 115 cm³/mol. The zero-order valence-electron chi connectivity index (χ0n) is 15.5. The third kappa shape index (κ3) is 5.11. The van der Waals surface area contributed by atoms with E-state index in [0.717, 1.165) is 28.3 Å². The predicted octanol–water partition coefficient (Wildman–Crippen LogP) is 3.80. The summed E-state index contributed by atoms with van der Waals surface area (Å²) in [7, 11) is 0.342. The molecule has 1 amide bonds. The van der Waals surface area contributed by atoms with E-state index in [1.54, 1.807) is 41.8 Å². The van der Waals surface area contributed by atoms with Gasteiger partial charge < -0.3 is 10.2 Å². The highest BCUT2D eigenvalue weighted by atomic mass is 32.2. The molecule has 2 N–H and O–H groups in total. The van der Waals surface area contributed by atoms with Gasteiger partial charge in [-0.1, -0.05) is 18.2 Å². The van der Waals surface area contributed by atoms with Crippen molar-refractivity contribution >= 4 is 44.3 Å². The zero-order chi connectivity index (χ0) is 20.1. The normalized spacial score (nSPS) is 11.1. The monoisotopic (exact) mass is 415 g/mol. The maximum atomic E-state index is 12.2. The summed E-state index contributed by atoms with van der Waals surface area (Å²) in [6.45, 7) is 0. The lowest BCUT2D eigenvalue weighted by molar-refractivity contribution is -0.115. The zero-order valence-corrected chi connectivity index (χ0v) is 17.2. The van der Waals surface area contributed by atoms with Crippen molar-refractivity contribution in [2.24, 2.45) is 0 Å². The molecular formula is C20H21N3O3S2. The van der Waals surface area contributed by atoms with E-state index in [-0.39, 0.29) is 16.5 Å². The molecule has 0 bridgehead atoms. The maximum absolute atomic E-state index is 12.2. The van der Waals surface area contributed by atoms with Crippen LogP contribution >= 0.6 is 11.3 Å². The van der Waals surface area contributed by atoms with E-state index in [1.807, 2.05) is 43.3 Å². The quantitative estimate of drug-likeness (QED) is 0.615. The van der Waals surface area contributed by atoms with Crippen molar-refractivity contribution in [3.8, 4) is 0 Å². The highest BCUT2D eigenvalue weighted by Gasteiger charge is 2.15. The van der Waals surface area contributed by atoms with Gasteiger partial charge in [0.15, 0.2) is 0 Å². The molecule has 6 nitrogen and oxygen atoms in total. The summed E-state index contributed by atoms with van der Waals surface area (Å²) in [5.74, 6) is -0.135. The number of benzene rings is 2. The number of thiophene rings is 1. The summed E-state index contributed by atoms with van der Waals surface area (Å²) in [5, 5.41) is 4.57. The van der Waals surface area contributed by atoms with Crippen molar-refractivity contribution in [2.75, 3.05) is 29.0 Å². The average molecular weight is 416 g/mol. The lowest BCUT2D eigenvalue weighted by Crippen LogP contribution is -2.15. The van der Waals surface area contributed by atoms with Crippen LogP contribution in [0.2, 0.25) is 0 Å². The highest BCUT2D eigenvalue weighted by molar-refractivity contribution is 7.94. The molecule has 3 rings (SSSR count). The Bertz CT molecular complexity index is 1030.